The van der Waals surface area contributed by atoms with Gasteiger partial charge in [0.2, 0.25) is 0 Å². The Morgan fingerprint density at radius 2 is 1.76 bits per heavy atom. The van der Waals surface area contributed by atoms with E-state index in [4.69, 9.17) is 9.47 Å². The number of benzene rings is 2. The smallest absolute Gasteiger partial charge is 0.418 e. The molecule has 1 fully saturated rings. The number of unbranched alkanes of at least 4 members (excludes halogenated alkanes) is 1. The molecule has 1 aliphatic heterocycles. The van der Waals surface area contributed by atoms with E-state index >= 15 is 0 Å². The highest BCUT2D eigenvalue weighted by Gasteiger charge is 2.22. The van der Waals surface area contributed by atoms with Crippen LogP contribution in [0.15, 0.2) is 60.9 Å². The molecule has 194 valence electrons. The van der Waals surface area contributed by atoms with Crippen molar-refractivity contribution in [1.29, 1.82) is 0 Å². The highest BCUT2D eigenvalue weighted by Crippen LogP contribution is 2.25. The third kappa shape index (κ3) is 5.57. The molecule has 37 heavy (non-hydrogen) atoms. The van der Waals surface area contributed by atoms with Crippen molar-refractivity contribution in [2.24, 2.45) is 0 Å². The predicted octanol–water partition coefficient (Wildman–Crippen LogP) is 5.87. The molecule has 1 amide bonds. The van der Waals surface area contributed by atoms with Gasteiger partial charge in [-0.3, -0.25) is 9.36 Å². The van der Waals surface area contributed by atoms with Gasteiger partial charge in [0.25, 0.3) is 5.91 Å². The summed E-state index contributed by atoms with van der Waals surface area (Å²) in [4.78, 5) is 27.6. The molecule has 7 heteroatoms. The number of para-hydroxylation sites is 1. The summed E-state index contributed by atoms with van der Waals surface area (Å²) in [5.74, 6) is 0.0878. The van der Waals surface area contributed by atoms with Crippen molar-refractivity contribution >= 4 is 33.8 Å². The number of carbonyl (C=O) groups excluding carboxylic acids is 2. The zero-order valence-corrected chi connectivity index (χ0v) is 21.9. The van der Waals surface area contributed by atoms with E-state index in [-0.39, 0.29) is 12.0 Å². The van der Waals surface area contributed by atoms with Gasteiger partial charge in [-0.25, -0.2) is 4.79 Å². The third-order valence-electron chi connectivity index (χ3n) is 6.78. The fourth-order valence-electron chi connectivity index (χ4n) is 4.97. The quantitative estimate of drug-likeness (QED) is 0.310. The number of fused-ring (bicyclic) bond motifs is 2. The molecule has 0 bridgehead atoms. The Morgan fingerprint density at radius 3 is 2.54 bits per heavy atom. The van der Waals surface area contributed by atoms with E-state index in [1.165, 1.54) is 5.56 Å². The van der Waals surface area contributed by atoms with Crippen molar-refractivity contribution in [2.75, 3.05) is 26.3 Å². The molecule has 0 radical (unpaired) electrons. The molecule has 0 unspecified atom stereocenters. The Kier molecular flexibility index (Phi) is 7.07. The van der Waals surface area contributed by atoms with Crippen LogP contribution >= 0.6 is 0 Å². The van der Waals surface area contributed by atoms with Crippen LogP contribution in [0.2, 0.25) is 0 Å². The second-order valence-corrected chi connectivity index (χ2v) is 10.7. The summed E-state index contributed by atoms with van der Waals surface area (Å²) in [6, 6.07) is 16.4. The Balaban J connectivity index is 1.23. The van der Waals surface area contributed by atoms with Gasteiger partial charge in [0.05, 0.1) is 24.3 Å². The normalized spacial score (nSPS) is 14.4. The molecule has 0 aliphatic carbocycles. The average molecular weight is 502 g/mol. The number of hydrogen-bond donors (Lipinski definition) is 0. The van der Waals surface area contributed by atoms with Crippen LogP contribution in [0.25, 0.3) is 21.8 Å². The molecule has 0 N–H and O–H groups in total. The second-order valence-electron chi connectivity index (χ2n) is 10.7. The Labute approximate surface area is 217 Å². The lowest BCUT2D eigenvalue weighted by atomic mass is 10.1. The number of aryl methyl sites for hydroxylation is 2. The number of ether oxygens (including phenoxy) is 2. The Hall–Kier alpha value is -3.58. The largest absolute Gasteiger partial charge is 0.443 e. The first-order valence-electron chi connectivity index (χ1n) is 13.1. The molecular formula is C30H35N3O4. The lowest BCUT2D eigenvalue weighted by molar-refractivity contribution is 0.0304. The standard InChI is InChI=1S/C30H35N3O4/c1-30(2,3)37-29(35)33-15-13-23-20-22(11-12-26(23)33)8-6-7-14-32-21-25(24-9-4-5-10-27(24)32)28(34)31-16-18-36-19-17-31/h4-5,9-13,15,20-21H,6-8,14,16-19H2,1-3H3. The van der Waals surface area contributed by atoms with Crippen LogP contribution < -0.4 is 0 Å². The maximum atomic E-state index is 13.2. The minimum atomic E-state index is -0.533. The topological polar surface area (TPSA) is 65.7 Å². The van der Waals surface area contributed by atoms with E-state index in [1.807, 2.05) is 62.2 Å². The van der Waals surface area contributed by atoms with Gasteiger partial charge in [0.15, 0.2) is 0 Å². The van der Waals surface area contributed by atoms with Crippen LogP contribution in [0.3, 0.4) is 0 Å². The predicted molar refractivity (Wildman–Crippen MR) is 145 cm³/mol. The van der Waals surface area contributed by atoms with E-state index in [1.54, 1.807) is 10.8 Å². The molecule has 5 rings (SSSR count). The molecule has 7 nitrogen and oxygen atoms in total. The average Bonchev–Trinajstić information content (AvgIpc) is 3.47. The van der Waals surface area contributed by atoms with Gasteiger partial charge >= 0.3 is 6.09 Å². The lowest BCUT2D eigenvalue weighted by Crippen LogP contribution is -2.40. The van der Waals surface area contributed by atoms with Gasteiger partial charge in [-0.15, -0.1) is 0 Å². The van der Waals surface area contributed by atoms with Crippen molar-refractivity contribution in [3.8, 4) is 0 Å². The van der Waals surface area contributed by atoms with Crippen LogP contribution in [0.4, 0.5) is 4.79 Å². The molecule has 1 aliphatic rings. The van der Waals surface area contributed by atoms with Gasteiger partial charge in [-0.1, -0.05) is 24.3 Å². The lowest BCUT2D eigenvalue weighted by Gasteiger charge is -2.26. The van der Waals surface area contributed by atoms with Gasteiger partial charge < -0.3 is 18.9 Å². The first-order chi connectivity index (χ1) is 17.8. The minimum Gasteiger partial charge on any atom is -0.443 e. The Morgan fingerprint density at radius 1 is 0.973 bits per heavy atom. The fraction of sp³-hybridized carbons (Fsp3) is 0.400. The van der Waals surface area contributed by atoms with Crippen molar-refractivity contribution < 1.29 is 19.1 Å². The van der Waals surface area contributed by atoms with Crippen molar-refractivity contribution in [3.05, 3.63) is 72.1 Å². The molecule has 2 aromatic carbocycles. The maximum Gasteiger partial charge on any atom is 0.418 e. The van der Waals surface area contributed by atoms with Crippen LogP contribution in [-0.4, -0.2) is 57.9 Å². The SMILES string of the molecule is CC(C)(C)OC(=O)n1ccc2cc(CCCCn3cc(C(=O)N4CCOCC4)c4ccccc43)ccc21. The van der Waals surface area contributed by atoms with Crippen molar-refractivity contribution in [3.63, 3.8) is 0 Å². The number of rotatable bonds is 6. The number of nitrogens with zero attached hydrogens (tertiary/aromatic N) is 3. The van der Waals surface area contributed by atoms with Gasteiger partial charge in [0, 0.05) is 48.3 Å². The van der Waals surface area contributed by atoms with E-state index in [0.29, 0.717) is 26.3 Å². The first-order valence-corrected chi connectivity index (χ1v) is 13.1. The summed E-state index contributed by atoms with van der Waals surface area (Å²) < 4.78 is 14.7. The molecule has 4 aromatic rings. The molecule has 0 saturated carbocycles. The molecule has 0 atom stereocenters. The number of aromatic nitrogens is 2. The van der Waals surface area contributed by atoms with Crippen LogP contribution in [0, 0.1) is 0 Å². The summed E-state index contributed by atoms with van der Waals surface area (Å²) in [6.45, 7) is 8.95. The summed E-state index contributed by atoms with van der Waals surface area (Å²) in [5, 5.41) is 2.05. The van der Waals surface area contributed by atoms with Crippen LogP contribution in [0.1, 0.15) is 49.5 Å². The van der Waals surface area contributed by atoms with Gasteiger partial charge in [-0.05, 0) is 69.9 Å². The summed E-state index contributed by atoms with van der Waals surface area (Å²) in [7, 11) is 0. The zero-order chi connectivity index (χ0) is 26.0. The fourth-order valence-corrected chi connectivity index (χ4v) is 4.97. The van der Waals surface area contributed by atoms with Crippen LogP contribution in [-0.2, 0) is 22.4 Å². The second kappa shape index (κ2) is 10.4. The van der Waals surface area contributed by atoms with Crippen LogP contribution in [0.5, 0.6) is 0 Å². The molecule has 1 saturated heterocycles. The molecule has 2 aromatic heterocycles. The monoisotopic (exact) mass is 501 g/mol. The van der Waals surface area contributed by atoms with E-state index in [2.05, 4.69) is 22.8 Å². The van der Waals surface area contributed by atoms with Gasteiger partial charge in [-0.2, -0.15) is 0 Å². The number of carbonyl (C=O) groups is 2. The van der Waals surface area contributed by atoms with E-state index in [9.17, 15) is 9.59 Å². The van der Waals surface area contributed by atoms with Gasteiger partial charge in [0.1, 0.15) is 5.60 Å². The molecule has 3 heterocycles. The first kappa shape index (κ1) is 25.1. The summed E-state index contributed by atoms with van der Waals surface area (Å²) in [5.41, 5.74) is 3.45. The zero-order valence-electron chi connectivity index (χ0n) is 21.9. The number of morpholine rings is 1. The van der Waals surface area contributed by atoms with E-state index < -0.39 is 5.60 Å². The molecular weight excluding hydrogens is 466 g/mol. The Bertz CT molecular complexity index is 1420. The third-order valence-corrected chi connectivity index (χ3v) is 6.78. The highest BCUT2D eigenvalue weighted by molar-refractivity contribution is 6.07. The maximum absolute atomic E-state index is 13.2. The molecule has 0 spiro atoms. The number of amides is 1. The highest BCUT2D eigenvalue weighted by atomic mass is 16.6. The number of hydrogen-bond acceptors (Lipinski definition) is 4. The summed E-state index contributed by atoms with van der Waals surface area (Å²) >= 11 is 0. The van der Waals surface area contributed by atoms with Crippen molar-refractivity contribution in [2.45, 2.75) is 52.2 Å². The summed E-state index contributed by atoms with van der Waals surface area (Å²) in [6.07, 6.45) is 6.41. The minimum absolute atomic E-state index is 0.0878. The van der Waals surface area contributed by atoms with E-state index in [0.717, 1.165) is 53.2 Å². The van der Waals surface area contributed by atoms with Crippen molar-refractivity contribution in [1.82, 2.24) is 14.0 Å².